The summed E-state index contributed by atoms with van der Waals surface area (Å²) in [6.45, 7) is 0. The zero-order valence-corrected chi connectivity index (χ0v) is 16.6. The van der Waals surface area contributed by atoms with Crippen LogP contribution in [0.3, 0.4) is 0 Å². The molecule has 4 aromatic rings. The van der Waals surface area contributed by atoms with Crippen molar-refractivity contribution in [3.8, 4) is 17.2 Å². The fourth-order valence-electron chi connectivity index (χ4n) is 3.98. The number of rotatable bonds is 1. The van der Waals surface area contributed by atoms with Crippen molar-refractivity contribution in [2.24, 2.45) is 0 Å². The molecule has 0 unspecified atom stereocenters. The van der Waals surface area contributed by atoms with E-state index in [1.807, 2.05) is 59.2 Å². The summed E-state index contributed by atoms with van der Waals surface area (Å²) in [5.74, 6) is 0.181. The zero-order valence-electron chi connectivity index (χ0n) is 15.8. The quantitative estimate of drug-likeness (QED) is 0.403. The topological polar surface area (TPSA) is 93.5 Å². The van der Waals surface area contributed by atoms with Crippen LogP contribution < -0.4 is 11.2 Å². The maximum absolute atomic E-state index is 12.6. The summed E-state index contributed by atoms with van der Waals surface area (Å²) >= 11 is 6.24. The van der Waals surface area contributed by atoms with Gasteiger partial charge in [0.25, 0.3) is 5.56 Å². The first-order chi connectivity index (χ1) is 15.1. The molecule has 0 atom stereocenters. The third kappa shape index (κ3) is 2.64. The van der Waals surface area contributed by atoms with Crippen LogP contribution in [0, 0.1) is 0 Å². The normalized spacial score (nSPS) is 11.6. The molecule has 8 heteroatoms. The number of pyridine rings is 1. The second-order valence-corrected chi connectivity index (χ2v) is 7.55. The van der Waals surface area contributed by atoms with E-state index in [-0.39, 0.29) is 11.5 Å². The minimum atomic E-state index is -0.728. The van der Waals surface area contributed by atoms with E-state index in [9.17, 15) is 9.59 Å². The van der Waals surface area contributed by atoms with E-state index in [4.69, 9.17) is 16.6 Å². The molecule has 148 valence electrons. The Kier molecular flexibility index (Phi) is 3.69. The van der Waals surface area contributed by atoms with E-state index in [1.165, 1.54) is 0 Å². The molecule has 1 N–H and O–H groups in total. The van der Waals surface area contributed by atoms with Crippen molar-refractivity contribution < 1.29 is 0 Å². The second kappa shape index (κ2) is 6.45. The molecule has 3 aromatic carbocycles. The molecule has 2 aliphatic rings. The van der Waals surface area contributed by atoms with Gasteiger partial charge in [0.1, 0.15) is 0 Å². The van der Waals surface area contributed by atoms with E-state index in [1.54, 1.807) is 12.1 Å². The minimum absolute atomic E-state index is 0.0845. The van der Waals surface area contributed by atoms with Crippen molar-refractivity contribution in [1.29, 1.82) is 0 Å². The summed E-state index contributed by atoms with van der Waals surface area (Å²) in [7, 11) is 0. The van der Waals surface area contributed by atoms with Crippen LogP contribution in [-0.4, -0.2) is 24.5 Å². The van der Waals surface area contributed by atoms with Gasteiger partial charge in [0.05, 0.1) is 27.8 Å². The first-order valence-corrected chi connectivity index (χ1v) is 9.88. The standard InChI is InChI=1S/C23H12ClN5O2/c24-12-9-10-14-17(11-12)25-15-6-2-1-5-13(15)20(14)29-18-8-4-3-7-16(18)26-19-21(29)27-23(31)28-22(19)30/h1-11H,(H,28,30,31). The van der Waals surface area contributed by atoms with Crippen molar-refractivity contribution in [3.05, 3.63) is 92.6 Å². The van der Waals surface area contributed by atoms with Gasteiger partial charge in [-0.1, -0.05) is 41.9 Å². The molecular weight excluding hydrogens is 414 g/mol. The van der Waals surface area contributed by atoms with Crippen LogP contribution in [0.1, 0.15) is 0 Å². The number of para-hydroxylation sites is 3. The third-order valence-electron chi connectivity index (χ3n) is 5.26. The monoisotopic (exact) mass is 425 g/mol. The lowest BCUT2D eigenvalue weighted by molar-refractivity contribution is 0.943. The average Bonchev–Trinajstić information content (AvgIpc) is 2.76. The Morgan fingerprint density at radius 1 is 0.774 bits per heavy atom. The van der Waals surface area contributed by atoms with Crippen LogP contribution >= 0.6 is 11.6 Å². The first-order valence-electron chi connectivity index (χ1n) is 9.50. The van der Waals surface area contributed by atoms with E-state index >= 15 is 0 Å². The Hall–Kier alpha value is -4.10. The van der Waals surface area contributed by atoms with Crippen LogP contribution in [0.5, 0.6) is 0 Å². The van der Waals surface area contributed by atoms with Crippen LogP contribution in [0.4, 0.5) is 0 Å². The molecule has 6 rings (SSSR count). The molecule has 0 fully saturated rings. The fraction of sp³-hybridized carbons (Fsp3) is 0. The van der Waals surface area contributed by atoms with Crippen molar-refractivity contribution in [1.82, 2.24) is 24.5 Å². The lowest BCUT2D eigenvalue weighted by atomic mass is 10.1. The van der Waals surface area contributed by atoms with Crippen LogP contribution in [0.2, 0.25) is 5.02 Å². The third-order valence-corrected chi connectivity index (χ3v) is 5.50. The SMILES string of the molecule is O=c1nc2n(-c3c4ccccc4nc4cc(Cl)ccc34)c3ccccc3nc-2c(=O)[nH]1. The first kappa shape index (κ1) is 17.7. The van der Waals surface area contributed by atoms with Crippen LogP contribution in [0.25, 0.3) is 50.0 Å². The predicted octanol–water partition coefficient (Wildman–Crippen LogP) is 3.93. The highest BCUT2D eigenvalue weighted by atomic mass is 35.5. The highest BCUT2D eigenvalue weighted by molar-refractivity contribution is 6.31. The molecule has 7 nitrogen and oxygen atoms in total. The Labute approximate surface area is 179 Å². The number of H-pyrrole nitrogens is 1. The van der Waals surface area contributed by atoms with Gasteiger partial charge in [0.15, 0.2) is 11.5 Å². The molecule has 0 radical (unpaired) electrons. The fourth-order valence-corrected chi connectivity index (χ4v) is 4.15. The van der Waals surface area contributed by atoms with Gasteiger partial charge in [-0.2, -0.15) is 4.98 Å². The average molecular weight is 426 g/mol. The Morgan fingerprint density at radius 3 is 2.39 bits per heavy atom. The molecule has 0 spiro atoms. The van der Waals surface area contributed by atoms with Gasteiger partial charge in [-0.3, -0.25) is 14.3 Å². The number of halogens is 1. The molecule has 1 aromatic heterocycles. The molecule has 0 aliphatic carbocycles. The lowest BCUT2D eigenvalue weighted by Gasteiger charge is -2.20. The molecule has 0 saturated heterocycles. The molecule has 3 heterocycles. The van der Waals surface area contributed by atoms with E-state index in [2.05, 4.69) is 15.0 Å². The smallest absolute Gasteiger partial charge is 0.289 e. The minimum Gasteiger partial charge on any atom is -0.289 e. The number of hydrogen-bond donors (Lipinski definition) is 1. The van der Waals surface area contributed by atoms with Gasteiger partial charge in [-0.25, -0.2) is 14.8 Å². The summed E-state index contributed by atoms with van der Waals surface area (Å²) in [5.41, 5.74) is 2.27. The summed E-state index contributed by atoms with van der Waals surface area (Å²) < 4.78 is 1.81. The molecular formula is C23H12ClN5O2. The Bertz CT molecular complexity index is 1760. The predicted molar refractivity (Wildman–Crippen MR) is 120 cm³/mol. The zero-order chi connectivity index (χ0) is 21.1. The number of fused-ring (bicyclic) bond motifs is 4. The molecule has 0 saturated carbocycles. The van der Waals surface area contributed by atoms with Crippen LogP contribution in [-0.2, 0) is 0 Å². The number of aromatic nitrogens is 5. The maximum atomic E-state index is 12.6. The summed E-state index contributed by atoms with van der Waals surface area (Å²) in [5, 5.41) is 2.21. The van der Waals surface area contributed by atoms with Crippen molar-refractivity contribution in [2.45, 2.75) is 0 Å². The van der Waals surface area contributed by atoms with Gasteiger partial charge in [-0.05, 0) is 36.4 Å². The Morgan fingerprint density at radius 2 is 1.52 bits per heavy atom. The van der Waals surface area contributed by atoms with Gasteiger partial charge < -0.3 is 0 Å². The largest absolute Gasteiger partial charge is 0.349 e. The molecule has 31 heavy (non-hydrogen) atoms. The van der Waals surface area contributed by atoms with Crippen molar-refractivity contribution in [2.75, 3.05) is 0 Å². The maximum Gasteiger partial charge on any atom is 0.349 e. The summed E-state index contributed by atoms with van der Waals surface area (Å²) in [6, 6.07) is 20.6. The molecule has 0 bridgehead atoms. The van der Waals surface area contributed by atoms with Crippen molar-refractivity contribution in [3.63, 3.8) is 0 Å². The summed E-state index contributed by atoms with van der Waals surface area (Å²) in [4.78, 5) is 40.3. The number of nitrogens with zero attached hydrogens (tertiary/aromatic N) is 4. The molecule has 0 amide bonds. The van der Waals surface area contributed by atoms with Gasteiger partial charge >= 0.3 is 5.69 Å². The number of aromatic amines is 1. The number of nitrogens with one attached hydrogen (secondary N) is 1. The highest BCUT2D eigenvalue weighted by Gasteiger charge is 2.22. The van der Waals surface area contributed by atoms with Crippen molar-refractivity contribution >= 4 is 44.4 Å². The number of benzene rings is 3. The van der Waals surface area contributed by atoms with E-state index in [0.29, 0.717) is 21.6 Å². The highest BCUT2D eigenvalue weighted by Crippen LogP contribution is 2.35. The molecule has 2 aliphatic heterocycles. The van der Waals surface area contributed by atoms with Gasteiger partial charge in [0.2, 0.25) is 0 Å². The number of hydrogen-bond acceptors (Lipinski definition) is 5. The van der Waals surface area contributed by atoms with Crippen LogP contribution in [0.15, 0.2) is 76.3 Å². The van der Waals surface area contributed by atoms with Gasteiger partial charge in [0, 0.05) is 15.8 Å². The summed E-state index contributed by atoms with van der Waals surface area (Å²) in [6.07, 6.45) is 0. The second-order valence-electron chi connectivity index (χ2n) is 7.12. The lowest BCUT2D eigenvalue weighted by Crippen LogP contribution is -2.28. The van der Waals surface area contributed by atoms with Gasteiger partial charge in [-0.15, -0.1) is 0 Å². The van der Waals surface area contributed by atoms with E-state index in [0.717, 1.165) is 22.0 Å². The van der Waals surface area contributed by atoms with E-state index < -0.39 is 11.2 Å². The Balaban J connectivity index is 1.95.